The molecule has 6 heteroatoms. The van der Waals surface area contributed by atoms with E-state index in [9.17, 15) is 10.1 Å². The van der Waals surface area contributed by atoms with Crippen molar-refractivity contribution in [3.63, 3.8) is 0 Å². The van der Waals surface area contributed by atoms with Crippen molar-refractivity contribution in [3.8, 4) is 12.1 Å². The molecular weight excluding hydrogens is 374 g/mol. The molecule has 0 unspecified atom stereocenters. The molecule has 0 atom stereocenters. The summed E-state index contributed by atoms with van der Waals surface area (Å²) in [4.78, 5) is 16.8. The van der Waals surface area contributed by atoms with E-state index in [0.29, 0.717) is 25.3 Å². The summed E-state index contributed by atoms with van der Waals surface area (Å²) in [5.74, 6) is 0.860. The van der Waals surface area contributed by atoms with Crippen molar-refractivity contribution in [1.29, 1.82) is 10.5 Å². The van der Waals surface area contributed by atoms with Gasteiger partial charge in [0.2, 0.25) is 5.91 Å². The zero-order valence-corrected chi connectivity index (χ0v) is 17.9. The first-order valence-electron chi connectivity index (χ1n) is 11.3. The molecule has 1 aliphatic heterocycles. The van der Waals surface area contributed by atoms with Crippen LogP contribution in [0, 0.1) is 28.6 Å². The van der Waals surface area contributed by atoms with Gasteiger partial charge in [-0.2, -0.15) is 10.5 Å². The van der Waals surface area contributed by atoms with Crippen molar-refractivity contribution in [2.75, 3.05) is 37.6 Å². The highest BCUT2D eigenvalue weighted by Crippen LogP contribution is 2.28. The van der Waals surface area contributed by atoms with Crippen LogP contribution in [0.5, 0.6) is 0 Å². The molecule has 30 heavy (non-hydrogen) atoms. The van der Waals surface area contributed by atoms with Crippen LogP contribution in [-0.2, 0) is 4.79 Å². The Labute approximate surface area is 180 Å². The number of rotatable bonds is 8. The lowest BCUT2D eigenvalue weighted by atomic mass is 9.84. The van der Waals surface area contributed by atoms with E-state index in [4.69, 9.17) is 5.26 Å². The summed E-state index contributed by atoms with van der Waals surface area (Å²) in [6.45, 7) is 5.19. The number of benzene rings is 1. The van der Waals surface area contributed by atoms with Gasteiger partial charge in [0.1, 0.15) is 6.07 Å². The number of amides is 1. The Morgan fingerprint density at radius 2 is 1.80 bits per heavy atom. The van der Waals surface area contributed by atoms with Gasteiger partial charge in [-0.1, -0.05) is 12.1 Å². The van der Waals surface area contributed by atoms with E-state index in [1.165, 1.54) is 19.3 Å². The second kappa shape index (κ2) is 11.6. The summed E-state index contributed by atoms with van der Waals surface area (Å²) in [6, 6.07) is 12.6. The standard InChI is InChI=1S/C24H33N5O/c25-13-4-3-7-24(30)27-22-10-8-20(9-11-22)12-14-28-15-17-29(18-16-28)23-6-2-1-5-21(23)19-26/h1-2,5-6,20,22H,3-4,7-12,14-18H2,(H,27,30). The highest BCUT2D eigenvalue weighted by molar-refractivity contribution is 5.76. The van der Waals surface area contributed by atoms with Gasteiger partial charge in [-0.25, -0.2) is 0 Å². The van der Waals surface area contributed by atoms with Gasteiger partial charge in [-0.05, 0) is 63.1 Å². The number of carbonyl (C=O) groups is 1. The third-order valence-corrected chi connectivity index (χ3v) is 6.50. The molecular formula is C24H33N5O. The topological polar surface area (TPSA) is 83.2 Å². The molecule has 6 nitrogen and oxygen atoms in total. The Balaban J connectivity index is 1.32. The zero-order valence-electron chi connectivity index (χ0n) is 17.9. The van der Waals surface area contributed by atoms with E-state index < -0.39 is 0 Å². The molecule has 0 radical (unpaired) electrons. The van der Waals surface area contributed by atoms with E-state index in [1.807, 2.05) is 18.2 Å². The van der Waals surface area contributed by atoms with Crippen molar-refractivity contribution >= 4 is 11.6 Å². The van der Waals surface area contributed by atoms with Crippen LogP contribution >= 0.6 is 0 Å². The molecule has 1 saturated carbocycles. The van der Waals surface area contributed by atoms with Crippen molar-refractivity contribution in [2.45, 2.75) is 57.4 Å². The third-order valence-electron chi connectivity index (χ3n) is 6.50. The van der Waals surface area contributed by atoms with Crippen molar-refractivity contribution < 1.29 is 4.79 Å². The molecule has 1 saturated heterocycles. The molecule has 1 amide bonds. The monoisotopic (exact) mass is 407 g/mol. The maximum Gasteiger partial charge on any atom is 0.220 e. The average molecular weight is 408 g/mol. The fraction of sp³-hybridized carbons (Fsp3) is 0.625. The minimum Gasteiger partial charge on any atom is -0.368 e. The van der Waals surface area contributed by atoms with Crippen LogP contribution in [0.25, 0.3) is 0 Å². The SMILES string of the molecule is N#CCCCC(=O)NC1CCC(CCN2CCN(c3ccccc3C#N)CC2)CC1. The lowest BCUT2D eigenvalue weighted by Crippen LogP contribution is -2.47. The number of unbranched alkanes of at least 4 members (excludes halogenated alkanes) is 1. The van der Waals surface area contributed by atoms with Crippen LogP contribution < -0.4 is 10.2 Å². The van der Waals surface area contributed by atoms with Gasteiger partial charge in [-0.15, -0.1) is 0 Å². The Morgan fingerprint density at radius 3 is 2.50 bits per heavy atom. The fourth-order valence-electron chi connectivity index (χ4n) is 4.64. The molecule has 1 aromatic rings. The van der Waals surface area contributed by atoms with Crippen molar-refractivity contribution in [1.82, 2.24) is 10.2 Å². The first-order valence-corrected chi connectivity index (χ1v) is 11.3. The van der Waals surface area contributed by atoms with Crippen LogP contribution in [-0.4, -0.2) is 49.6 Å². The van der Waals surface area contributed by atoms with E-state index in [2.05, 4.69) is 33.3 Å². The van der Waals surface area contributed by atoms with Crippen LogP contribution in [0.4, 0.5) is 5.69 Å². The minimum absolute atomic E-state index is 0.101. The largest absolute Gasteiger partial charge is 0.368 e. The predicted octanol–water partition coefficient (Wildman–Crippen LogP) is 3.44. The number of anilines is 1. The normalized spacial score (nSPS) is 22.1. The summed E-state index contributed by atoms with van der Waals surface area (Å²) in [7, 11) is 0. The summed E-state index contributed by atoms with van der Waals surface area (Å²) >= 11 is 0. The molecule has 0 bridgehead atoms. The lowest BCUT2D eigenvalue weighted by Gasteiger charge is -2.37. The van der Waals surface area contributed by atoms with Gasteiger partial charge in [0.05, 0.1) is 17.3 Å². The Bertz CT molecular complexity index is 765. The van der Waals surface area contributed by atoms with E-state index in [1.54, 1.807) is 0 Å². The fourth-order valence-corrected chi connectivity index (χ4v) is 4.64. The van der Waals surface area contributed by atoms with Crippen LogP contribution in [0.1, 0.15) is 56.9 Å². The first-order chi connectivity index (χ1) is 14.7. The number of piperazine rings is 1. The smallest absolute Gasteiger partial charge is 0.220 e. The molecule has 3 rings (SSSR count). The van der Waals surface area contributed by atoms with Gasteiger partial charge in [0.15, 0.2) is 0 Å². The molecule has 160 valence electrons. The average Bonchev–Trinajstić information content (AvgIpc) is 2.79. The van der Waals surface area contributed by atoms with Gasteiger partial charge in [0, 0.05) is 45.1 Å². The predicted molar refractivity (Wildman–Crippen MR) is 118 cm³/mol. The summed E-state index contributed by atoms with van der Waals surface area (Å²) in [5.41, 5.74) is 1.83. The van der Waals surface area contributed by atoms with Crippen LogP contribution in [0.2, 0.25) is 0 Å². The highest BCUT2D eigenvalue weighted by atomic mass is 16.1. The summed E-state index contributed by atoms with van der Waals surface area (Å²) in [5, 5.41) is 21.0. The molecule has 1 N–H and O–H groups in total. The van der Waals surface area contributed by atoms with Gasteiger partial charge in [-0.3, -0.25) is 9.69 Å². The Morgan fingerprint density at radius 1 is 1.07 bits per heavy atom. The second-order valence-corrected chi connectivity index (χ2v) is 8.54. The zero-order chi connectivity index (χ0) is 21.2. The lowest BCUT2D eigenvalue weighted by molar-refractivity contribution is -0.122. The highest BCUT2D eigenvalue weighted by Gasteiger charge is 2.24. The van der Waals surface area contributed by atoms with Crippen LogP contribution in [0.15, 0.2) is 24.3 Å². The number of nitriles is 2. The Kier molecular flexibility index (Phi) is 8.53. The quantitative estimate of drug-likeness (QED) is 0.668. The molecule has 1 aliphatic carbocycles. The van der Waals surface area contributed by atoms with Gasteiger partial charge in [0.25, 0.3) is 0 Å². The number of carbonyl (C=O) groups excluding carboxylic acids is 1. The summed E-state index contributed by atoms with van der Waals surface area (Å²) in [6.07, 6.45) is 7.36. The van der Waals surface area contributed by atoms with Gasteiger partial charge < -0.3 is 10.2 Å². The molecule has 2 fully saturated rings. The molecule has 0 spiro atoms. The molecule has 1 aromatic carbocycles. The number of hydrogen-bond donors (Lipinski definition) is 1. The van der Waals surface area contributed by atoms with Gasteiger partial charge >= 0.3 is 0 Å². The van der Waals surface area contributed by atoms with Crippen molar-refractivity contribution in [2.24, 2.45) is 5.92 Å². The second-order valence-electron chi connectivity index (χ2n) is 8.54. The maximum absolute atomic E-state index is 11.9. The maximum atomic E-state index is 11.9. The Hall–Kier alpha value is -2.57. The number of nitrogens with zero attached hydrogens (tertiary/aromatic N) is 4. The van der Waals surface area contributed by atoms with E-state index in [-0.39, 0.29) is 5.91 Å². The third kappa shape index (κ3) is 6.47. The number of hydrogen-bond acceptors (Lipinski definition) is 5. The summed E-state index contributed by atoms with van der Waals surface area (Å²) < 4.78 is 0. The van der Waals surface area contributed by atoms with Crippen molar-refractivity contribution in [3.05, 3.63) is 29.8 Å². The number of para-hydroxylation sites is 1. The molecule has 1 heterocycles. The number of nitrogens with one attached hydrogen (secondary N) is 1. The first kappa shape index (κ1) is 22.1. The van der Waals surface area contributed by atoms with E-state index >= 15 is 0 Å². The minimum atomic E-state index is 0.101. The van der Waals surface area contributed by atoms with Crippen LogP contribution in [0.3, 0.4) is 0 Å². The van der Waals surface area contributed by atoms with E-state index in [0.717, 1.165) is 62.7 Å². The molecule has 2 aliphatic rings. The molecule has 0 aromatic heterocycles.